The van der Waals surface area contributed by atoms with E-state index >= 15 is 0 Å². The highest BCUT2D eigenvalue weighted by molar-refractivity contribution is 5.94. The molecule has 0 radical (unpaired) electrons. The summed E-state index contributed by atoms with van der Waals surface area (Å²) >= 11 is 0. The minimum absolute atomic E-state index is 0.0250. The SMILES string of the molecule is O=C(c1ccc(OCC2CC2)cc1)N1CCN(Cc2nc(-c3cccc(C(F)(F)F)c3)no2)CC1. The zero-order valence-corrected chi connectivity index (χ0v) is 19.0. The second kappa shape index (κ2) is 9.69. The van der Waals surface area contributed by atoms with E-state index in [4.69, 9.17) is 9.26 Å². The van der Waals surface area contributed by atoms with Gasteiger partial charge < -0.3 is 14.2 Å². The number of halogens is 3. The minimum atomic E-state index is -4.44. The molecular weight excluding hydrogens is 461 g/mol. The van der Waals surface area contributed by atoms with Gasteiger partial charge in [-0.05, 0) is 55.2 Å². The maximum atomic E-state index is 13.0. The molecule has 1 amide bonds. The van der Waals surface area contributed by atoms with E-state index in [1.54, 1.807) is 17.0 Å². The largest absolute Gasteiger partial charge is 0.493 e. The van der Waals surface area contributed by atoms with Crippen molar-refractivity contribution in [3.63, 3.8) is 0 Å². The van der Waals surface area contributed by atoms with Crippen molar-refractivity contribution in [2.45, 2.75) is 25.6 Å². The molecule has 1 aliphatic heterocycles. The molecule has 3 aromatic rings. The van der Waals surface area contributed by atoms with Crippen LogP contribution in [0.1, 0.15) is 34.7 Å². The van der Waals surface area contributed by atoms with Gasteiger partial charge in [-0.3, -0.25) is 9.69 Å². The number of ether oxygens (including phenoxy) is 1. The zero-order chi connectivity index (χ0) is 24.4. The summed E-state index contributed by atoms with van der Waals surface area (Å²) in [7, 11) is 0. The lowest BCUT2D eigenvalue weighted by Gasteiger charge is -2.34. The first-order valence-corrected chi connectivity index (χ1v) is 11.6. The average Bonchev–Trinajstić information content (AvgIpc) is 3.59. The summed E-state index contributed by atoms with van der Waals surface area (Å²) in [6, 6.07) is 12.1. The van der Waals surface area contributed by atoms with Gasteiger partial charge in [0.2, 0.25) is 11.7 Å². The molecule has 0 N–H and O–H groups in total. The Hall–Kier alpha value is -3.40. The molecule has 2 fully saturated rings. The molecule has 0 unspecified atom stereocenters. The molecule has 35 heavy (non-hydrogen) atoms. The molecule has 0 bridgehead atoms. The van der Waals surface area contributed by atoms with E-state index in [9.17, 15) is 18.0 Å². The quantitative estimate of drug-likeness (QED) is 0.490. The summed E-state index contributed by atoms with van der Waals surface area (Å²) in [4.78, 5) is 21.0. The Morgan fingerprint density at radius 3 is 2.49 bits per heavy atom. The highest BCUT2D eigenvalue weighted by Crippen LogP contribution is 2.32. The Balaban J connectivity index is 1.13. The number of hydrogen-bond donors (Lipinski definition) is 0. The van der Waals surface area contributed by atoms with Crippen LogP contribution in [0.3, 0.4) is 0 Å². The fourth-order valence-electron chi connectivity index (χ4n) is 3.95. The first-order valence-electron chi connectivity index (χ1n) is 11.6. The number of aromatic nitrogens is 2. The molecule has 1 aliphatic carbocycles. The van der Waals surface area contributed by atoms with Crippen LogP contribution >= 0.6 is 0 Å². The van der Waals surface area contributed by atoms with Gasteiger partial charge in [-0.1, -0.05) is 17.3 Å². The second-order valence-corrected chi connectivity index (χ2v) is 8.94. The Kier molecular flexibility index (Phi) is 6.46. The Morgan fingerprint density at radius 2 is 1.80 bits per heavy atom. The van der Waals surface area contributed by atoms with E-state index in [-0.39, 0.29) is 17.3 Å². The van der Waals surface area contributed by atoms with Crippen LogP contribution in [0.25, 0.3) is 11.4 Å². The number of hydrogen-bond acceptors (Lipinski definition) is 6. The van der Waals surface area contributed by atoms with Crippen LogP contribution in [0.2, 0.25) is 0 Å². The molecule has 1 saturated heterocycles. The summed E-state index contributed by atoms with van der Waals surface area (Å²) in [6.45, 7) is 3.43. The number of amides is 1. The fraction of sp³-hybridized carbons (Fsp3) is 0.400. The van der Waals surface area contributed by atoms with Gasteiger partial charge in [0.05, 0.1) is 18.7 Å². The molecule has 2 aliphatic rings. The molecule has 1 saturated carbocycles. The molecular formula is C25H25F3N4O3. The summed E-state index contributed by atoms with van der Waals surface area (Å²) in [5.74, 6) is 1.86. The van der Waals surface area contributed by atoms with Gasteiger partial charge in [0.1, 0.15) is 5.75 Å². The van der Waals surface area contributed by atoms with Crippen molar-refractivity contribution >= 4 is 5.91 Å². The number of carbonyl (C=O) groups excluding carboxylic acids is 1. The summed E-state index contributed by atoms with van der Waals surface area (Å²) < 4.78 is 49.9. The fourth-order valence-corrected chi connectivity index (χ4v) is 3.95. The van der Waals surface area contributed by atoms with Gasteiger partial charge in [-0.25, -0.2) is 0 Å². The van der Waals surface area contributed by atoms with Gasteiger partial charge in [0.15, 0.2) is 0 Å². The predicted molar refractivity (Wildman–Crippen MR) is 121 cm³/mol. The lowest BCUT2D eigenvalue weighted by atomic mass is 10.1. The van der Waals surface area contributed by atoms with E-state index < -0.39 is 11.7 Å². The van der Waals surface area contributed by atoms with Gasteiger partial charge >= 0.3 is 6.18 Å². The zero-order valence-electron chi connectivity index (χ0n) is 19.0. The Labute approximate surface area is 200 Å². The van der Waals surface area contributed by atoms with Crippen molar-refractivity contribution in [1.82, 2.24) is 19.9 Å². The monoisotopic (exact) mass is 486 g/mol. The van der Waals surface area contributed by atoms with E-state index in [2.05, 4.69) is 15.0 Å². The molecule has 1 aromatic heterocycles. The number of piperazine rings is 1. The second-order valence-electron chi connectivity index (χ2n) is 8.94. The topological polar surface area (TPSA) is 71.7 Å². The average molecular weight is 486 g/mol. The summed E-state index contributed by atoms with van der Waals surface area (Å²) in [6.07, 6.45) is -1.98. The third kappa shape index (κ3) is 5.82. The molecule has 10 heteroatoms. The molecule has 184 valence electrons. The smallest absolute Gasteiger partial charge is 0.416 e. The van der Waals surface area contributed by atoms with Gasteiger partial charge in [0, 0.05) is 37.3 Å². The van der Waals surface area contributed by atoms with Crippen molar-refractivity contribution in [3.05, 3.63) is 65.5 Å². The van der Waals surface area contributed by atoms with Crippen LogP contribution in [0.5, 0.6) is 5.75 Å². The third-order valence-corrected chi connectivity index (χ3v) is 6.22. The first-order chi connectivity index (χ1) is 16.8. The van der Waals surface area contributed by atoms with Crippen molar-refractivity contribution < 1.29 is 27.2 Å². The summed E-state index contributed by atoms with van der Waals surface area (Å²) in [5, 5.41) is 3.84. The van der Waals surface area contributed by atoms with Gasteiger partial charge in [-0.15, -0.1) is 0 Å². The first kappa shape index (κ1) is 23.3. The van der Waals surface area contributed by atoms with Crippen LogP contribution in [0.15, 0.2) is 53.1 Å². The minimum Gasteiger partial charge on any atom is -0.493 e. The lowest BCUT2D eigenvalue weighted by Crippen LogP contribution is -2.48. The van der Waals surface area contributed by atoms with Crippen molar-refractivity contribution in [3.8, 4) is 17.1 Å². The highest BCUT2D eigenvalue weighted by atomic mass is 19.4. The van der Waals surface area contributed by atoms with Gasteiger partial charge in [-0.2, -0.15) is 18.2 Å². The number of alkyl halides is 3. The van der Waals surface area contributed by atoms with Gasteiger partial charge in [0.25, 0.3) is 5.91 Å². The number of nitrogens with zero attached hydrogens (tertiary/aromatic N) is 4. The molecule has 0 atom stereocenters. The van der Waals surface area contributed by atoms with E-state index in [0.717, 1.165) is 24.5 Å². The number of rotatable bonds is 7. The molecule has 0 spiro atoms. The normalized spacial score (nSPS) is 16.9. The van der Waals surface area contributed by atoms with Crippen LogP contribution < -0.4 is 4.74 Å². The number of benzene rings is 2. The molecule has 2 aromatic carbocycles. The maximum Gasteiger partial charge on any atom is 0.416 e. The predicted octanol–water partition coefficient (Wildman–Crippen LogP) is 4.50. The third-order valence-electron chi connectivity index (χ3n) is 6.22. The van der Waals surface area contributed by atoms with E-state index in [1.165, 1.54) is 25.0 Å². The number of carbonyl (C=O) groups is 1. The maximum absolute atomic E-state index is 13.0. The van der Waals surface area contributed by atoms with E-state index in [0.29, 0.717) is 50.1 Å². The molecule has 7 nitrogen and oxygen atoms in total. The Bertz CT molecular complexity index is 1170. The highest BCUT2D eigenvalue weighted by Gasteiger charge is 2.31. The standard InChI is InChI=1S/C25H25F3N4O3/c26-25(27,28)20-3-1-2-19(14-20)23-29-22(35-30-23)15-31-10-12-32(13-11-31)24(33)18-6-8-21(9-7-18)34-16-17-4-5-17/h1-3,6-9,14,17H,4-5,10-13,15-16H2. The molecule has 2 heterocycles. The molecule has 5 rings (SSSR count). The summed E-state index contributed by atoms with van der Waals surface area (Å²) in [5.41, 5.74) is 0.108. The van der Waals surface area contributed by atoms with Crippen molar-refractivity contribution in [2.75, 3.05) is 32.8 Å². The van der Waals surface area contributed by atoms with E-state index in [1.807, 2.05) is 12.1 Å². The van der Waals surface area contributed by atoms with Crippen LogP contribution in [-0.4, -0.2) is 58.6 Å². The van der Waals surface area contributed by atoms with Crippen LogP contribution in [0.4, 0.5) is 13.2 Å². The van der Waals surface area contributed by atoms with Crippen molar-refractivity contribution in [1.29, 1.82) is 0 Å². The Morgan fingerprint density at radius 1 is 1.06 bits per heavy atom. The lowest BCUT2D eigenvalue weighted by molar-refractivity contribution is -0.137. The van der Waals surface area contributed by atoms with Crippen molar-refractivity contribution in [2.24, 2.45) is 5.92 Å². The van der Waals surface area contributed by atoms with Crippen LogP contribution in [-0.2, 0) is 12.7 Å². The van der Waals surface area contributed by atoms with Crippen LogP contribution in [0, 0.1) is 5.92 Å².